The largest absolute Gasteiger partial charge is 0.444 e. The Morgan fingerprint density at radius 2 is 2.04 bits per heavy atom. The summed E-state index contributed by atoms with van der Waals surface area (Å²) >= 11 is 15.6. The average Bonchev–Trinajstić information content (AvgIpc) is 2.86. The minimum Gasteiger partial charge on any atom is -0.444 e. The standard InChI is InChI=1S/C19H22Cl2N2O2S2/c1-19(2,3)25-18(24)23-8-6-12-4-5-15(20)16(14(12)7-9-23)26-11-13-10-22-17(21)27-13/h4-5,10H,6-9,11H2,1-3H3. The Labute approximate surface area is 178 Å². The van der Waals surface area contributed by atoms with Crippen LogP contribution >= 0.6 is 46.3 Å². The van der Waals surface area contributed by atoms with E-state index in [1.807, 2.05) is 26.8 Å². The fourth-order valence-electron chi connectivity index (χ4n) is 2.92. The number of nitrogens with zero attached hydrogens (tertiary/aromatic N) is 2. The van der Waals surface area contributed by atoms with Crippen LogP contribution in [0.2, 0.25) is 9.49 Å². The summed E-state index contributed by atoms with van der Waals surface area (Å²) in [6, 6.07) is 4.02. The van der Waals surface area contributed by atoms with Gasteiger partial charge in [0.25, 0.3) is 0 Å². The summed E-state index contributed by atoms with van der Waals surface area (Å²) in [6.07, 6.45) is 3.11. The van der Waals surface area contributed by atoms with E-state index in [-0.39, 0.29) is 6.09 Å². The molecule has 0 spiro atoms. The van der Waals surface area contributed by atoms with Gasteiger partial charge in [-0.05, 0) is 50.8 Å². The van der Waals surface area contributed by atoms with Crippen molar-refractivity contribution in [3.63, 3.8) is 0 Å². The van der Waals surface area contributed by atoms with E-state index in [2.05, 4.69) is 11.1 Å². The summed E-state index contributed by atoms with van der Waals surface area (Å²) in [6.45, 7) is 6.94. The molecule has 0 bridgehead atoms. The molecule has 3 rings (SSSR count). The summed E-state index contributed by atoms with van der Waals surface area (Å²) in [5.74, 6) is 0.774. The lowest BCUT2D eigenvalue weighted by Gasteiger charge is -2.26. The van der Waals surface area contributed by atoms with Gasteiger partial charge in [0.2, 0.25) is 0 Å². The second-order valence-corrected chi connectivity index (χ2v) is 10.4. The topological polar surface area (TPSA) is 42.4 Å². The lowest BCUT2D eigenvalue weighted by Crippen LogP contribution is -2.38. The van der Waals surface area contributed by atoms with Gasteiger partial charge < -0.3 is 9.64 Å². The van der Waals surface area contributed by atoms with Crippen LogP contribution in [0.1, 0.15) is 36.8 Å². The molecule has 1 aliphatic heterocycles. The van der Waals surface area contributed by atoms with Gasteiger partial charge in [-0.15, -0.1) is 23.1 Å². The zero-order valence-electron chi connectivity index (χ0n) is 15.6. The third kappa shape index (κ3) is 5.53. The summed E-state index contributed by atoms with van der Waals surface area (Å²) < 4.78 is 6.08. The Balaban J connectivity index is 1.74. The predicted molar refractivity (Wildman–Crippen MR) is 113 cm³/mol. The van der Waals surface area contributed by atoms with Gasteiger partial charge in [0.05, 0.1) is 5.02 Å². The summed E-state index contributed by atoms with van der Waals surface area (Å²) in [4.78, 5) is 20.5. The average molecular weight is 445 g/mol. The highest BCUT2D eigenvalue weighted by atomic mass is 35.5. The van der Waals surface area contributed by atoms with Gasteiger partial charge in [-0.1, -0.05) is 29.3 Å². The van der Waals surface area contributed by atoms with Crippen LogP contribution in [0, 0.1) is 0 Å². The van der Waals surface area contributed by atoms with Gasteiger partial charge >= 0.3 is 6.09 Å². The first kappa shape index (κ1) is 20.8. The molecule has 0 saturated heterocycles. The molecule has 0 fully saturated rings. The maximum absolute atomic E-state index is 12.4. The highest BCUT2D eigenvalue weighted by Crippen LogP contribution is 2.37. The molecule has 0 N–H and O–H groups in total. The first-order valence-corrected chi connectivity index (χ1v) is 11.3. The lowest BCUT2D eigenvalue weighted by atomic mass is 10.0. The number of amides is 1. The highest BCUT2D eigenvalue weighted by molar-refractivity contribution is 7.98. The number of thiazole rings is 1. The van der Waals surface area contributed by atoms with Gasteiger partial charge in [-0.2, -0.15) is 0 Å². The van der Waals surface area contributed by atoms with E-state index < -0.39 is 5.60 Å². The summed E-state index contributed by atoms with van der Waals surface area (Å²) in [5, 5.41) is 0.750. The lowest BCUT2D eigenvalue weighted by molar-refractivity contribution is 0.0258. The molecule has 0 aliphatic carbocycles. The van der Waals surface area contributed by atoms with Crippen LogP contribution in [-0.2, 0) is 23.3 Å². The van der Waals surface area contributed by atoms with Crippen LogP contribution in [0.25, 0.3) is 0 Å². The van der Waals surface area contributed by atoms with Crippen molar-refractivity contribution in [1.29, 1.82) is 0 Å². The van der Waals surface area contributed by atoms with Crippen LogP contribution < -0.4 is 0 Å². The van der Waals surface area contributed by atoms with E-state index in [4.69, 9.17) is 27.9 Å². The minimum absolute atomic E-state index is 0.255. The van der Waals surface area contributed by atoms with Crippen LogP contribution in [0.4, 0.5) is 4.79 Å². The van der Waals surface area contributed by atoms with Crippen molar-refractivity contribution in [2.24, 2.45) is 0 Å². The molecule has 2 aromatic rings. The fourth-order valence-corrected chi connectivity index (χ4v) is 5.42. The SMILES string of the molecule is CC(C)(C)OC(=O)N1CCc2ccc(Cl)c(SCc3cnc(Cl)s3)c2CC1. The van der Waals surface area contributed by atoms with Gasteiger partial charge in [-0.25, -0.2) is 9.78 Å². The second kappa shape index (κ2) is 8.60. The van der Waals surface area contributed by atoms with Crippen molar-refractivity contribution in [2.45, 2.75) is 49.9 Å². The summed E-state index contributed by atoms with van der Waals surface area (Å²) in [5.41, 5.74) is 1.99. The van der Waals surface area contributed by atoms with E-state index in [9.17, 15) is 4.79 Å². The smallest absolute Gasteiger partial charge is 0.410 e. The summed E-state index contributed by atoms with van der Waals surface area (Å²) in [7, 11) is 0. The fraction of sp³-hybridized carbons (Fsp3) is 0.474. The second-order valence-electron chi connectivity index (χ2n) is 7.35. The first-order valence-electron chi connectivity index (χ1n) is 8.74. The zero-order valence-corrected chi connectivity index (χ0v) is 18.7. The number of fused-ring (bicyclic) bond motifs is 1. The first-order chi connectivity index (χ1) is 12.7. The Bertz CT molecular complexity index is 834. The third-order valence-corrected chi connectivity index (χ3v) is 7.06. The molecule has 0 saturated carbocycles. The molecule has 1 aliphatic rings. The number of carbonyl (C=O) groups excluding carboxylic acids is 1. The van der Waals surface area contributed by atoms with Crippen LogP contribution in [0.5, 0.6) is 0 Å². The number of carbonyl (C=O) groups is 1. The Hall–Kier alpha value is -0.950. The molecular weight excluding hydrogens is 423 g/mol. The van der Waals surface area contributed by atoms with Crippen molar-refractivity contribution in [1.82, 2.24) is 9.88 Å². The third-order valence-electron chi connectivity index (χ3n) is 4.13. The number of hydrogen-bond acceptors (Lipinski definition) is 5. The molecule has 0 atom stereocenters. The number of benzene rings is 1. The van der Waals surface area contributed by atoms with E-state index in [0.717, 1.165) is 33.4 Å². The molecule has 27 heavy (non-hydrogen) atoms. The molecule has 8 heteroatoms. The van der Waals surface area contributed by atoms with Crippen molar-refractivity contribution < 1.29 is 9.53 Å². The van der Waals surface area contributed by atoms with E-state index in [0.29, 0.717) is 17.6 Å². The molecule has 146 valence electrons. The van der Waals surface area contributed by atoms with Gasteiger partial charge in [0, 0.05) is 34.8 Å². The van der Waals surface area contributed by atoms with E-state index in [1.165, 1.54) is 22.5 Å². The van der Waals surface area contributed by atoms with Crippen LogP contribution in [-0.4, -0.2) is 34.7 Å². The molecule has 0 radical (unpaired) electrons. The van der Waals surface area contributed by atoms with Gasteiger partial charge in [-0.3, -0.25) is 0 Å². The van der Waals surface area contributed by atoms with Crippen molar-refractivity contribution in [2.75, 3.05) is 13.1 Å². The zero-order chi connectivity index (χ0) is 19.6. The number of halogens is 2. The highest BCUT2D eigenvalue weighted by Gasteiger charge is 2.25. The molecule has 1 aromatic heterocycles. The Kier molecular flexibility index (Phi) is 6.62. The molecular formula is C19H22Cl2N2O2S2. The number of thioether (sulfide) groups is 1. The van der Waals surface area contributed by atoms with Crippen molar-refractivity contribution in [3.8, 4) is 0 Å². The molecule has 1 aromatic carbocycles. The van der Waals surface area contributed by atoms with Gasteiger partial charge in [0.15, 0.2) is 4.47 Å². The number of hydrogen-bond donors (Lipinski definition) is 0. The minimum atomic E-state index is -0.490. The molecule has 2 heterocycles. The number of rotatable bonds is 3. The van der Waals surface area contributed by atoms with Crippen molar-refractivity contribution in [3.05, 3.63) is 43.8 Å². The van der Waals surface area contributed by atoms with Crippen LogP contribution in [0.3, 0.4) is 0 Å². The normalized spacial score (nSPS) is 14.6. The molecule has 4 nitrogen and oxygen atoms in total. The Morgan fingerprint density at radius 1 is 1.30 bits per heavy atom. The molecule has 0 unspecified atom stereocenters. The van der Waals surface area contributed by atoms with Gasteiger partial charge in [0.1, 0.15) is 5.60 Å². The Morgan fingerprint density at radius 3 is 2.70 bits per heavy atom. The maximum Gasteiger partial charge on any atom is 0.410 e. The number of ether oxygens (including phenoxy) is 1. The molecule has 1 amide bonds. The van der Waals surface area contributed by atoms with E-state index >= 15 is 0 Å². The number of aromatic nitrogens is 1. The van der Waals surface area contributed by atoms with E-state index in [1.54, 1.807) is 22.9 Å². The maximum atomic E-state index is 12.4. The monoisotopic (exact) mass is 444 g/mol. The predicted octanol–water partition coefficient (Wildman–Crippen LogP) is 6.08. The van der Waals surface area contributed by atoms with Crippen molar-refractivity contribution >= 4 is 52.4 Å². The quantitative estimate of drug-likeness (QED) is 0.537. The van der Waals surface area contributed by atoms with Crippen LogP contribution in [0.15, 0.2) is 23.2 Å².